The van der Waals surface area contributed by atoms with E-state index in [4.69, 9.17) is 13.9 Å². The van der Waals surface area contributed by atoms with Gasteiger partial charge in [-0.1, -0.05) is 12.1 Å². The first-order valence-corrected chi connectivity index (χ1v) is 7.42. The minimum absolute atomic E-state index is 0.0362. The molecule has 24 heavy (non-hydrogen) atoms. The van der Waals surface area contributed by atoms with Gasteiger partial charge >= 0.3 is 0 Å². The molecular formula is C19H16O5. The van der Waals surface area contributed by atoms with Crippen LogP contribution in [-0.2, 0) is 4.79 Å². The fourth-order valence-corrected chi connectivity index (χ4v) is 2.36. The topological polar surface area (TPSA) is 65.7 Å². The van der Waals surface area contributed by atoms with Crippen LogP contribution in [0.15, 0.2) is 57.7 Å². The summed E-state index contributed by atoms with van der Waals surface area (Å²) < 4.78 is 16.5. The van der Waals surface area contributed by atoms with Crippen molar-refractivity contribution in [1.82, 2.24) is 0 Å². The summed E-state index contributed by atoms with van der Waals surface area (Å²) in [6, 6.07) is 14.0. The average molecular weight is 324 g/mol. The molecule has 0 saturated heterocycles. The van der Waals surface area contributed by atoms with Gasteiger partial charge in [-0.25, -0.2) is 0 Å². The van der Waals surface area contributed by atoms with E-state index in [2.05, 4.69) is 0 Å². The number of carbonyl (C=O) groups excluding carboxylic acids is 1. The van der Waals surface area contributed by atoms with E-state index in [9.17, 15) is 9.59 Å². The summed E-state index contributed by atoms with van der Waals surface area (Å²) in [6.45, 7) is 1.21. The van der Waals surface area contributed by atoms with E-state index >= 15 is 0 Å². The van der Waals surface area contributed by atoms with Crippen molar-refractivity contribution in [1.29, 1.82) is 0 Å². The maximum absolute atomic E-state index is 12.7. The first-order valence-electron chi connectivity index (χ1n) is 7.42. The van der Waals surface area contributed by atoms with Crippen LogP contribution in [0.3, 0.4) is 0 Å². The van der Waals surface area contributed by atoms with E-state index in [1.54, 1.807) is 55.6 Å². The molecule has 0 atom stereocenters. The number of ether oxygens (including phenoxy) is 2. The standard InChI is InChI=1S/C19H16O5/c1-12(20)11-23-19-17(21)15-5-3-4-6-16(15)24-18(19)13-7-9-14(22-2)10-8-13/h3-10H,11H2,1-2H3. The van der Waals surface area contributed by atoms with Gasteiger partial charge in [0.2, 0.25) is 11.2 Å². The molecule has 122 valence electrons. The molecule has 0 aliphatic rings. The van der Waals surface area contributed by atoms with Crippen molar-refractivity contribution < 1.29 is 18.7 Å². The summed E-state index contributed by atoms with van der Waals surface area (Å²) >= 11 is 0. The molecule has 3 aromatic rings. The molecule has 0 bridgehead atoms. The highest BCUT2D eigenvalue weighted by atomic mass is 16.5. The third-order valence-corrected chi connectivity index (χ3v) is 3.53. The Bertz CT molecular complexity index is 938. The molecular weight excluding hydrogens is 308 g/mol. The first-order chi connectivity index (χ1) is 11.6. The minimum Gasteiger partial charge on any atom is -0.497 e. The van der Waals surface area contributed by atoms with Crippen LogP contribution in [-0.4, -0.2) is 19.5 Å². The van der Waals surface area contributed by atoms with Crippen LogP contribution in [0.2, 0.25) is 0 Å². The molecule has 1 heterocycles. The Kier molecular flexibility index (Phi) is 4.33. The Morgan fingerprint density at radius 2 is 1.79 bits per heavy atom. The van der Waals surface area contributed by atoms with Gasteiger partial charge in [-0.05, 0) is 43.3 Å². The van der Waals surface area contributed by atoms with Crippen LogP contribution in [0.1, 0.15) is 6.92 Å². The van der Waals surface area contributed by atoms with Crippen molar-refractivity contribution in [2.24, 2.45) is 0 Å². The van der Waals surface area contributed by atoms with Gasteiger partial charge in [-0.15, -0.1) is 0 Å². The molecule has 1 aromatic heterocycles. The number of Topliss-reactive ketones (excluding diaryl/α,β-unsaturated/α-hetero) is 1. The average Bonchev–Trinajstić information content (AvgIpc) is 2.61. The molecule has 0 amide bonds. The normalized spacial score (nSPS) is 10.6. The van der Waals surface area contributed by atoms with Crippen molar-refractivity contribution in [2.45, 2.75) is 6.92 Å². The van der Waals surface area contributed by atoms with Crippen molar-refractivity contribution in [3.63, 3.8) is 0 Å². The summed E-state index contributed by atoms with van der Waals surface area (Å²) in [5.74, 6) is 0.841. The van der Waals surface area contributed by atoms with Gasteiger partial charge in [0.25, 0.3) is 0 Å². The predicted molar refractivity (Wildman–Crippen MR) is 90.6 cm³/mol. The Morgan fingerprint density at radius 3 is 2.46 bits per heavy atom. The molecule has 0 unspecified atom stereocenters. The predicted octanol–water partition coefficient (Wildman–Crippen LogP) is 3.44. The second kappa shape index (κ2) is 6.58. The van der Waals surface area contributed by atoms with E-state index in [0.29, 0.717) is 28.0 Å². The Balaban J connectivity index is 2.20. The number of ketones is 1. The molecule has 0 spiro atoms. The molecule has 2 aromatic carbocycles. The minimum atomic E-state index is -0.302. The summed E-state index contributed by atoms with van der Waals surface area (Å²) in [4.78, 5) is 24.0. The van der Waals surface area contributed by atoms with Gasteiger partial charge in [0.1, 0.15) is 17.9 Å². The number of rotatable bonds is 5. The van der Waals surface area contributed by atoms with Crippen molar-refractivity contribution in [3.05, 3.63) is 58.8 Å². The maximum atomic E-state index is 12.7. The molecule has 0 saturated carbocycles. The van der Waals surface area contributed by atoms with Crippen LogP contribution >= 0.6 is 0 Å². The molecule has 0 fully saturated rings. The van der Waals surface area contributed by atoms with Crippen molar-refractivity contribution in [2.75, 3.05) is 13.7 Å². The summed E-state index contributed by atoms with van der Waals surface area (Å²) in [5, 5.41) is 0.410. The lowest BCUT2D eigenvalue weighted by molar-refractivity contribution is -0.118. The van der Waals surface area contributed by atoms with Gasteiger partial charge in [0.15, 0.2) is 11.5 Å². The Hall–Kier alpha value is -3.08. The molecule has 0 aliphatic heterocycles. The number of methoxy groups -OCH3 is 1. The summed E-state index contributed by atoms with van der Waals surface area (Å²) in [5.41, 5.74) is 0.824. The smallest absolute Gasteiger partial charge is 0.235 e. The van der Waals surface area contributed by atoms with Crippen molar-refractivity contribution in [3.8, 4) is 22.8 Å². The third kappa shape index (κ3) is 3.01. The second-order valence-corrected chi connectivity index (χ2v) is 5.30. The van der Waals surface area contributed by atoms with Crippen LogP contribution in [0.5, 0.6) is 11.5 Å². The number of benzene rings is 2. The monoisotopic (exact) mass is 324 g/mol. The van der Waals surface area contributed by atoms with Gasteiger partial charge < -0.3 is 13.9 Å². The van der Waals surface area contributed by atoms with Crippen LogP contribution in [0, 0.1) is 0 Å². The number of fused-ring (bicyclic) bond motifs is 1. The molecule has 3 rings (SSSR count). The molecule has 5 heteroatoms. The molecule has 0 N–H and O–H groups in total. The lowest BCUT2D eigenvalue weighted by atomic mass is 10.1. The van der Waals surface area contributed by atoms with E-state index in [-0.39, 0.29) is 23.6 Å². The van der Waals surface area contributed by atoms with Gasteiger partial charge in [-0.3, -0.25) is 9.59 Å². The summed E-state index contributed by atoms with van der Waals surface area (Å²) in [6.07, 6.45) is 0. The Morgan fingerprint density at radius 1 is 1.08 bits per heavy atom. The lowest BCUT2D eigenvalue weighted by Gasteiger charge is -2.11. The molecule has 0 radical (unpaired) electrons. The van der Waals surface area contributed by atoms with Crippen molar-refractivity contribution >= 4 is 16.8 Å². The quantitative estimate of drug-likeness (QED) is 0.719. The number of hydrogen-bond donors (Lipinski definition) is 0. The highest BCUT2D eigenvalue weighted by molar-refractivity contribution is 5.82. The van der Waals surface area contributed by atoms with Crippen LogP contribution in [0.25, 0.3) is 22.3 Å². The molecule has 5 nitrogen and oxygen atoms in total. The van der Waals surface area contributed by atoms with E-state index < -0.39 is 0 Å². The zero-order valence-electron chi connectivity index (χ0n) is 13.4. The van der Waals surface area contributed by atoms with E-state index in [0.717, 1.165) is 0 Å². The number of para-hydroxylation sites is 1. The summed E-state index contributed by atoms with van der Waals surface area (Å²) in [7, 11) is 1.58. The lowest BCUT2D eigenvalue weighted by Crippen LogP contribution is -2.14. The number of carbonyl (C=O) groups is 1. The van der Waals surface area contributed by atoms with Gasteiger partial charge in [-0.2, -0.15) is 0 Å². The fourth-order valence-electron chi connectivity index (χ4n) is 2.36. The van der Waals surface area contributed by atoms with Gasteiger partial charge in [0, 0.05) is 5.56 Å². The highest BCUT2D eigenvalue weighted by Gasteiger charge is 2.18. The van der Waals surface area contributed by atoms with Crippen LogP contribution < -0.4 is 14.9 Å². The largest absolute Gasteiger partial charge is 0.497 e. The Labute approximate surface area is 138 Å². The second-order valence-electron chi connectivity index (χ2n) is 5.30. The third-order valence-electron chi connectivity index (χ3n) is 3.53. The fraction of sp³-hybridized carbons (Fsp3) is 0.158. The van der Waals surface area contributed by atoms with Gasteiger partial charge in [0.05, 0.1) is 12.5 Å². The maximum Gasteiger partial charge on any atom is 0.235 e. The van der Waals surface area contributed by atoms with E-state index in [1.165, 1.54) is 6.92 Å². The van der Waals surface area contributed by atoms with Crippen LogP contribution in [0.4, 0.5) is 0 Å². The highest BCUT2D eigenvalue weighted by Crippen LogP contribution is 2.31. The van der Waals surface area contributed by atoms with E-state index in [1.807, 2.05) is 0 Å². The first kappa shape index (κ1) is 15.8. The molecule has 0 aliphatic carbocycles. The zero-order chi connectivity index (χ0) is 17.1. The SMILES string of the molecule is COc1ccc(-c2oc3ccccc3c(=O)c2OCC(C)=O)cc1. The number of hydrogen-bond acceptors (Lipinski definition) is 5. The zero-order valence-corrected chi connectivity index (χ0v) is 13.4.